The molecule has 6 heteroatoms. The summed E-state index contributed by atoms with van der Waals surface area (Å²) < 4.78 is 0. The van der Waals surface area contributed by atoms with Gasteiger partial charge >= 0.3 is 6.09 Å². The van der Waals surface area contributed by atoms with Gasteiger partial charge in [0.15, 0.2) is 0 Å². The van der Waals surface area contributed by atoms with Gasteiger partial charge < -0.3 is 14.9 Å². The zero-order chi connectivity index (χ0) is 14.3. The van der Waals surface area contributed by atoms with Crippen LogP contribution in [0.1, 0.15) is 18.5 Å². The Morgan fingerprint density at radius 1 is 1.58 bits per heavy atom. The van der Waals surface area contributed by atoms with Crippen LogP contribution in [0.15, 0.2) is 29.5 Å². The van der Waals surface area contributed by atoms with E-state index in [0.717, 1.165) is 5.56 Å². The van der Waals surface area contributed by atoms with Crippen LogP contribution in [0.2, 0.25) is 0 Å². The molecular weight excluding hydrogens is 244 g/mol. The molecule has 0 bridgehead atoms. The lowest BCUT2D eigenvalue weighted by Crippen LogP contribution is -2.33. The van der Waals surface area contributed by atoms with Gasteiger partial charge in [-0.3, -0.25) is 9.98 Å². The minimum atomic E-state index is -0.934. The van der Waals surface area contributed by atoms with Gasteiger partial charge in [-0.05, 0) is 18.6 Å². The highest BCUT2D eigenvalue weighted by Gasteiger charge is 2.17. The van der Waals surface area contributed by atoms with Crippen molar-refractivity contribution in [3.05, 3.63) is 30.1 Å². The third-order valence-corrected chi connectivity index (χ3v) is 2.59. The van der Waals surface area contributed by atoms with Crippen LogP contribution in [0.25, 0.3) is 0 Å². The van der Waals surface area contributed by atoms with Crippen molar-refractivity contribution in [3.63, 3.8) is 0 Å². The van der Waals surface area contributed by atoms with Crippen LogP contribution in [0.5, 0.6) is 0 Å². The zero-order valence-electron chi connectivity index (χ0n) is 11.5. The van der Waals surface area contributed by atoms with Crippen molar-refractivity contribution in [1.29, 1.82) is 0 Å². The van der Waals surface area contributed by atoms with E-state index in [-0.39, 0.29) is 6.04 Å². The fourth-order valence-electron chi connectivity index (χ4n) is 1.58. The van der Waals surface area contributed by atoms with Crippen molar-refractivity contribution in [2.75, 3.05) is 27.2 Å². The molecule has 1 aromatic rings. The summed E-state index contributed by atoms with van der Waals surface area (Å²) in [5.74, 6) is 0. The number of pyridine rings is 1. The van der Waals surface area contributed by atoms with E-state index < -0.39 is 6.09 Å². The number of carbonyl (C=O) groups is 1. The van der Waals surface area contributed by atoms with Gasteiger partial charge in [-0.25, -0.2) is 4.79 Å². The lowest BCUT2D eigenvalue weighted by atomic mass is 10.1. The average molecular weight is 264 g/mol. The maximum atomic E-state index is 11.1. The number of hydrogen-bond donors (Lipinski definition) is 1. The van der Waals surface area contributed by atoms with Crippen molar-refractivity contribution in [2.45, 2.75) is 13.0 Å². The molecule has 0 radical (unpaired) electrons. The van der Waals surface area contributed by atoms with Gasteiger partial charge in [-0.1, -0.05) is 6.07 Å². The Balaban J connectivity index is 2.90. The van der Waals surface area contributed by atoms with Crippen molar-refractivity contribution >= 4 is 12.4 Å². The van der Waals surface area contributed by atoms with Crippen LogP contribution >= 0.6 is 0 Å². The van der Waals surface area contributed by atoms with E-state index in [2.05, 4.69) is 9.98 Å². The van der Waals surface area contributed by atoms with Crippen LogP contribution in [0.3, 0.4) is 0 Å². The maximum Gasteiger partial charge on any atom is 0.407 e. The first-order valence-electron chi connectivity index (χ1n) is 6.12. The molecule has 1 aromatic heterocycles. The fraction of sp³-hybridized carbons (Fsp3) is 0.462. The number of carboxylic acid groups (broad SMARTS) is 1. The molecule has 0 saturated heterocycles. The number of amides is 1. The van der Waals surface area contributed by atoms with Crippen LogP contribution < -0.4 is 0 Å². The molecule has 0 aliphatic rings. The van der Waals surface area contributed by atoms with E-state index in [9.17, 15) is 4.79 Å². The maximum absolute atomic E-state index is 11.1. The fourth-order valence-corrected chi connectivity index (χ4v) is 1.58. The summed E-state index contributed by atoms with van der Waals surface area (Å²) in [7, 11) is 3.75. The smallest absolute Gasteiger partial charge is 0.407 e. The summed E-state index contributed by atoms with van der Waals surface area (Å²) >= 11 is 0. The lowest BCUT2D eigenvalue weighted by Gasteiger charge is -2.22. The zero-order valence-corrected chi connectivity index (χ0v) is 11.5. The highest BCUT2D eigenvalue weighted by molar-refractivity contribution is 5.65. The number of aromatic nitrogens is 1. The van der Waals surface area contributed by atoms with E-state index in [0.29, 0.717) is 13.1 Å². The number of rotatable bonds is 6. The molecule has 1 unspecified atom stereocenters. The third kappa shape index (κ3) is 4.95. The van der Waals surface area contributed by atoms with Gasteiger partial charge in [-0.2, -0.15) is 0 Å². The largest absolute Gasteiger partial charge is 0.465 e. The molecule has 0 aromatic carbocycles. The SMILES string of the molecule is CCN(CC(N=CN(C)C)c1cccnc1)C(=O)O. The highest BCUT2D eigenvalue weighted by atomic mass is 16.4. The van der Waals surface area contributed by atoms with Gasteiger partial charge in [0.25, 0.3) is 0 Å². The van der Waals surface area contributed by atoms with Gasteiger partial charge in [0.2, 0.25) is 0 Å². The molecule has 6 nitrogen and oxygen atoms in total. The summed E-state index contributed by atoms with van der Waals surface area (Å²) in [5, 5.41) is 9.09. The first-order valence-corrected chi connectivity index (χ1v) is 6.12. The molecule has 1 amide bonds. The standard InChI is InChI=1S/C13H20N4O2/c1-4-17(13(18)19)9-12(15-10-16(2)3)11-6-5-7-14-8-11/h5-8,10,12H,4,9H2,1-3H3,(H,18,19). The first-order chi connectivity index (χ1) is 9.04. The van der Waals surface area contributed by atoms with Gasteiger partial charge in [0.05, 0.1) is 18.9 Å². The van der Waals surface area contributed by atoms with Crippen LogP contribution in [-0.2, 0) is 0 Å². The number of likely N-dealkylation sites (N-methyl/N-ethyl adjacent to an activating group) is 1. The predicted molar refractivity (Wildman–Crippen MR) is 74.4 cm³/mol. The van der Waals surface area contributed by atoms with E-state index in [1.165, 1.54) is 4.90 Å². The molecule has 19 heavy (non-hydrogen) atoms. The Hall–Kier alpha value is -2.11. The Labute approximate surface area is 113 Å². The number of nitrogens with zero attached hydrogens (tertiary/aromatic N) is 4. The van der Waals surface area contributed by atoms with Crippen molar-refractivity contribution in [1.82, 2.24) is 14.8 Å². The normalized spacial score (nSPS) is 12.4. The molecule has 0 spiro atoms. The minimum Gasteiger partial charge on any atom is -0.465 e. The van der Waals surface area contributed by atoms with Crippen LogP contribution in [-0.4, -0.2) is 59.5 Å². The molecular formula is C13H20N4O2. The lowest BCUT2D eigenvalue weighted by molar-refractivity contribution is 0.145. The topological polar surface area (TPSA) is 69.0 Å². The molecule has 1 N–H and O–H groups in total. The molecule has 0 saturated carbocycles. The molecule has 104 valence electrons. The number of hydrogen-bond acceptors (Lipinski definition) is 3. The second-order valence-corrected chi connectivity index (χ2v) is 4.35. The Morgan fingerprint density at radius 3 is 2.79 bits per heavy atom. The molecule has 0 aliphatic carbocycles. The van der Waals surface area contributed by atoms with E-state index >= 15 is 0 Å². The van der Waals surface area contributed by atoms with E-state index in [1.54, 1.807) is 18.7 Å². The van der Waals surface area contributed by atoms with E-state index in [4.69, 9.17) is 5.11 Å². The third-order valence-electron chi connectivity index (χ3n) is 2.59. The molecule has 1 heterocycles. The first kappa shape index (κ1) is 14.9. The van der Waals surface area contributed by atoms with Gasteiger partial charge in [-0.15, -0.1) is 0 Å². The highest BCUT2D eigenvalue weighted by Crippen LogP contribution is 2.17. The summed E-state index contributed by atoms with van der Waals surface area (Å²) in [6.45, 7) is 2.57. The summed E-state index contributed by atoms with van der Waals surface area (Å²) in [6.07, 6.45) is 4.16. The quantitative estimate of drug-likeness (QED) is 0.627. The summed E-state index contributed by atoms with van der Waals surface area (Å²) in [6, 6.07) is 3.48. The minimum absolute atomic E-state index is 0.243. The van der Waals surface area contributed by atoms with Gasteiger partial charge in [0, 0.05) is 33.0 Å². The Morgan fingerprint density at radius 2 is 2.32 bits per heavy atom. The average Bonchev–Trinajstić information content (AvgIpc) is 2.39. The molecule has 0 fully saturated rings. The summed E-state index contributed by atoms with van der Waals surface area (Å²) in [5.41, 5.74) is 0.903. The van der Waals surface area contributed by atoms with Crippen molar-refractivity contribution in [2.24, 2.45) is 4.99 Å². The summed E-state index contributed by atoms with van der Waals surface area (Å²) in [4.78, 5) is 22.7. The van der Waals surface area contributed by atoms with Crippen molar-refractivity contribution in [3.8, 4) is 0 Å². The Kier molecular flexibility index (Phi) is 5.78. The Bertz CT molecular complexity index is 420. The molecule has 1 rings (SSSR count). The molecule has 0 aliphatic heterocycles. The molecule has 1 atom stereocenters. The van der Waals surface area contributed by atoms with Gasteiger partial charge in [0.1, 0.15) is 0 Å². The number of aliphatic imine (C=N–C) groups is 1. The monoisotopic (exact) mass is 264 g/mol. The van der Waals surface area contributed by atoms with E-state index in [1.807, 2.05) is 38.1 Å². The second kappa shape index (κ2) is 7.35. The van der Waals surface area contributed by atoms with Crippen molar-refractivity contribution < 1.29 is 9.90 Å². The second-order valence-electron chi connectivity index (χ2n) is 4.35. The van der Waals surface area contributed by atoms with Crippen LogP contribution in [0, 0.1) is 0 Å². The predicted octanol–water partition coefficient (Wildman–Crippen LogP) is 1.71. The van der Waals surface area contributed by atoms with Crippen LogP contribution in [0.4, 0.5) is 4.79 Å².